The van der Waals surface area contributed by atoms with E-state index in [1.54, 1.807) is 10.9 Å². The van der Waals surface area contributed by atoms with Gasteiger partial charge in [0.15, 0.2) is 0 Å². The molecule has 96 valence electrons. The summed E-state index contributed by atoms with van der Waals surface area (Å²) in [5.74, 6) is 2.17. The van der Waals surface area contributed by atoms with Crippen molar-refractivity contribution in [1.82, 2.24) is 15.1 Å². The number of aromatic nitrogens is 2. The fourth-order valence-electron chi connectivity index (χ4n) is 2.19. The lowest BCUT2D eigenvalue weighted by Gasteiger charge is -2.25. The summed E-state index contributed by atoms with van der Waals surface area (Å²) >= 11 is 0. The maximum Gasteiger partial charge on any atom is 0.0538 e. The van der Waals surface area contributed by atoms with Crippen LogP contribution in [0.15, 0.2) is 19.0 Å². The highest BCUT2D eigenvalue weighted by atomic mass is 15.2. The van der Waals surface area contributed by atoms with E-state index in [2.05, 4.69) is 44.7 Å². The van der Waals surface area contributed by atoms with E-state index in [1.807, 2.05) is 12.4 Å². The first-order chi connectivity index (χ1) is 8.04. The standard InChI is InChI=1S/C14H25N3/c1-6-17-10-13(8-16-17)7-15-9-14(11(2)3)12(4)5/h6,8,10-12,14-15H,1,7,9H2,2-5H3. The van der Waals surface area contributed by atoms with Crippen LogP contribution in [0, 0.1) is 17.8 Å². The van der Waals surface area contributed by atoms with Crippen LogP contribution in [0.1, 0.15) is 33.3 Å². The minimum atomic E-state index is 0.721. The molecule has 0 spiro atoms. The highest BCUT2D eigenvalue weighted by molar-refractivity contribution is 5.17. The van der Waals surface area contributed by atoms with E-state index in [0.29, 0.717) is 0 Å². The van der Waals surface area contributed by atoms with Crippen molar-refractivity contribution in [2.24, 2.45) is 17.8 Å². The summed E-state index contributed by atoms with van der Waals surface area (Å²) in [6, 6.07) is 0. The lowest BCUT2D eigenvalue weighted by molar-refractivity contribution is 0.275. The molecule has 0 unspecified atom stereocenters. The summed E-state index contributed by atoms with van der Waals surface area (Å²) in [6.07, 6.45) is 5.59. The van der Waals surface area contributed by atoms with Crippen molar-refractivity contribution in [3.8, 4) is 0 Å². The van der Waals surface area contributed by atoms with E-state index in [-0.39, 0.29) is 0 Å². The molecule has 1 rings (SSSR count). The van der Waals surface area contributed by atoms with Gasteiger partial charge in [0.2, 0.25) is 0 Å². The lowest BCUT2D eigenvalue weighted by atomic mass is 9.85. The van der Waals surface area contributed by atoms with Gasteiger partial charge in [-0.25, -0.2) is 4.68 Å². The minimum Gasteiger partial charge on any atom is -0.312 e. The molecular formula is C14H25N3. The summed E-state index contributed by atoms with van der Waals surface area (Å²) in [4.78, 5) is 0. The Morgan fingerprint density at radius 3 is 2.47 bits per heavy atom. The van der Waals surface area contributed by atoms with Crippen LogP contribution in [0.4, 0.5) is 0 Å². The van der Waals surface area contributed by atoms with Crippen LogP contribution in [-0.2, 0) is 6.54 Å². The molecule has 0 aliphatic carbocycles. The van der Waals surface area contributed by atoms with Crippen molar-refractivity contribution in [2.75, 3.05) is 6.54 Å². The van der Waals surface area contributed by atoms with E-state index in [1.165, 1.54) is 5.56 Å². The number of hydrogen-bond donors (Lipinski definition) is 1. The first-order valence-electron chi connectivity index (χ1n) is 6.41. The molecule has 0 aliphatic rings. The maximum atomic E-state index is 4.16. The quantitative estimate of drug-likeness (QED) is 0.787. The molecule has 0 saturated carbocycles. The van der Waals surface area contributed by atoms with Crippen molar-refractivity contribution >= 4 is 6.20 Å². The number of hydrogen-bond acceptors (Lipinski definition) is 2. The molecule has 0 aromatic carbocycles. The zero-order valence-electron chi connectivity index (χ0n) is 11.5. The van der Waals surface area contributed by atoms with Gasteiger partial charge in [-0.15, -0.1) is 0 Å². The molecule has 17 heavy (non-hydrogen) atoms. The summed E-state index contributed by atoms with van der Waals surface area (Å²) in [7, 11) is 0. The Morgan fingerprint density at radius 1 is 1.35 bits per heavy atom. The monoisotopic (exact) mass is 235 g/mol. The van der Waals surface area contributed by atoms with Crippen LogP contribution in [-0.4, -0.2) is 16.3 Å². The normalized spacial score (nSPS) is 11.7. The minimum absolute atomic E-state index is 0.721. The van der Waals surface area contributed by atoms with Crippen LogP contribution in [0.25, 0.3) is 6.20 Å². The number of rotatable bonds is 7. The van der Waals surface area contributed by atoms with Gasteiger partial charge in [-0.05, 0) is 24.3 Å². The molecule has 0 bridgehead atoms. The second-order valence-electron chi connectivity index (χ2n) is 5.29. The Balaban J connectivity index is 2.38. The SMILES string of the molecule is C=Cn1cc(CNCC(C(C)C)C(C)C)cn1. The summed E-state index contributed by atoms with van der Waals surface area (Å²) in [5.41, 5.74) is 1.20. The van der Waals surface area contributed by atoms with Gasteiger partial charge < -0.3 is 5.32 Å². The van der Waals surface area contributed by atoms with Gasteiger partial charge in [0.05, 0.1) is 6.20 Å². The van der Waals surface area contributed by atoms with E-state index in [0.717, 1.165) is 30.8 Å². The van der Waals surface area contributed by atoms with Crippen molar-refractivity contribution in [2.45, 2.75) is 34.2 Å². The summed E-state index contributed by atoms with van der Waals surface area (Å²) in [6.45, 7) is 14.8. The third kappa shape index (κ3) is 4.35. The molecule has 1 aromatic rings. The third-order valence-corrected chi connectivity index (χ3v) is 3.26. The van der Waals surface area contributed by atoms with Gasteiger partial charge in [-0.2, -0.15) is 5.10 Å². The highest BCUT2D eigenvalue weighted by Gasteiger charge is 2.16. The van der Waals surface area contributed by atoms with Crippen LogP contribution >= 0.6 is 0 Å². The zero-order chi connectivity index (χ0) is 12.8. The lowest BCUT2D eigenvalue weighted by Crippen LogP contribution is -2.29. The molecule has 0 aliphatic heterocycles. The molecule has 3 heteroatoms. The van der Waals surface area contributed by atoms with E-state index in [4.69, 9.17) is 0 Å². The average molecular weight is 235 g/mol. The second kappa shape index (κ2) is 6.60. The van der Waals surface area contributed by atoms with Gasteiger partial charge in [0, 0.05) is 24.5 Å². The van der Waals surface area contributed by atoms with E-state index in [9.17, 15) is 0 Å². The van der Waals surface area contributed by atoms with Crippen LogP contribution in [0.3, 0.4) is 0 Å². The third-order valence-electron chi connectivity index (χ3n) is 3.26. The Kier molecular flexibility index (Phi) is 5.42. The van der Waals surface area contributed by atoms with Crippen LogP contribution in [0.5, 0.6) is 0 Å². The van der Waals surface area contributed by atoms with Gasteiger partial charge >= 0.3 is 0 Å². The summed E-state index contributed by atoms with van der Waals surface area (Å²) in [5, 5.41) is 7.68. The van der Waals surface area contributed by atoms with Gasteiger partial charge in [-0.1, -0.05) is 34.3 Å². The molecule has 1 heterocycles. The number of nitrogens with one attached hydrogen (secondary N) is 1. The second-order valence-corrected chi connectivity index (χ2v) is 5.29. The van der Waals surface area contributed by atoms with Gasteiger partial charge in [-0.3, -0.25) is 0 Å². The Bertz CT molecular complexity index is 331. The molecule has 3 nitrogen and oxygen atoms in total. The molecule has 0 fully saturated rings. The Labute approximate surface area is 105 Å². The number of nitrogens with zero attached hydrogens (tertiary/aromatic N) is 2. The molecule has 0 amide bonds. The molecular weight excluding hydrogens is 210 g/mol. The van der Waals surface area contributed by atoms with Crippen molar-refractivity contribution in [3.63, 3.8) is 0 Å². The predicted molar refractivity (Wildman–Crippen MR) is 73.5 cm³/mol. The molecule has 0 radical (unpaired) electrons. The predicted octanol–water partition coefficient (Wildman–Crippen LogP) is 3.00. The van der Waals surface area contributed by atoms with Crippen molar-refractivity contribution in [3.05, 3.63) is 24.5 Å². The summed E-state index contributed by atoms with van der Waals surface area (Å²) < 4.78 is 1.74. The van der Waals surface area contributed by atoms with Crippen LogP contribution in [0.2, 0.25) is 0 Å². The smallest absolute Gasteiger partial charge is 0.0538 e. The fraction of sp³-hybridized carbons (Fsp3) is 0.643. The van der Waals surface area contributed by atoms with E-state index < -0.39 is 0 Å². The Hall–Kier alpha value is -1.09. The van der Waals surface area contributed by atoms with Crippen LogP contribution < -0.4 is 5.32 Å². The first kappa shape index (κ1) is 14.0. The van der Waals surface area contributed by atoms with Crippen molar-refractivity contribution < 1.29 is 0 Å². The first-order valence-corrected chi connectivity index (χ1v) is 6.41. The Morgan fingerprint density at radius 2 is 2.00 bits per heavy atom. The van der Waals surface area contributed by atoms with E-state index >= 15 is 0 Å². The highest BCUT2D eigenvalue weighted by Crippen LogP contribution is 2.19. The molecule has 1 aromatic heterocycles. The zero-order valence-corrected chi connectivity index (χ0v) is 11.5. The topological polar surface area (TPSA) is 29.9 Å². The van der Waals surface area contributed by atoms with Crippen molar-refractivity contribution in [1.29, 1.82) is 0 Å². The fourth-order valence-corrected chi connectivity index (χ4v) is 2.19. The van der Waals surface area contributed by atoms with Gasteiger partial charge in [0.1, 0.15) is 0 Å². The average Bonchev–Trinajstić information content (AvgIpc) is 2.71. The molecule has 1 N–H and O–H groups in total. The largest absolute Gasteiger partial charge is 0.312 e. The molecule has 0 atom stereocenters. The molecule has 0 saturated heterocycles. The van der Waals surface area contributed by atoms with Gasteiger partial charge in [0.25, 0.3) is 0 Å². The maximum absolute atomic E-state index is 4.16.